The van der Waals surface area contributed by atoms with E-state index in [-0.39, 0.29) is 5.82 Å². The maximum absolute atomic E-state index is 13.1. The van der Waals surface area contributed by atoms with Crippen molar-refractivity contribution in [3.63, 3.8) is 0 Å². The van der Waals surface area contributed by atoms with E-state index >= 15 is 0 Å². The first kappa shape index (κ1) is 17.7. The van der Waals surface area contributed by atoms with Gasteiger partial charge in [0.25, 0.3) is 0 Å². The number of anilines is 2. The normalized spacial score (nSPS) is 26.0. The molecule has 0 saturated carbocycles. The Morgan fingerprint density at radius 3 is 2.83 bits per heavy atom. The van der Waals surface area contributed by atoms with E-state index in [4.69, 9.17) is 1.37 Å². The topological polar surface area (TPSA) is 30.0 Å². The van der Waals surface area contributed by atoms with Crippen LogP contribution >= 0.6 is 0 Å². The average Bonchev–Trinajstić information content (AvgIpc) is 3.05. The van der Waals surface area contributed by atoms with Gasteiger partial charge in [-0.25, -0.2) is 4.39 Å². The number of hydrogen-bond acceptors (Lipinski definition) is 4. The Balaban J connectivity index is 1.23. The van der Waals surface area contributed by atoms with E-state index in [0.717, 1.165) is 45.6 Å². The molecule has 2 aromatic carbocycles. The first-order valence-corrected chi connectivity index (χ1v) is 10.8. The van der Waals surface area contributed by atoms with E-state index in [9.17, 15) is 9.50 Å². The van der Waals surface area contributed by atoms with Crippen LogP contribution in [0.4, 0.5) is 15.8 Å². The van der Waals surface area contributed by atoms with E-state index in [0.29, 0.717) is 23.9 Å². The molecular formula is C24H30FN3O. The Labute approximate surface area is 173 Å². The van der Waals surface area contributed by atoms with Crippen molar-refractivity contribution >= 4 is 11.4 Å². The quantitative estimate of drug-likeness (QED) is 0.833. The molecule has 1 N–H and O–H groups in total. The number of halogens is 1. The SMILES string of the molecule is [2H]C(O)(CCCN1CC[C@H]2[C@@H](C1)c1cccc3c1N2CCN3C)c1ccc(F)cc1. The summed E-state index contributed by atoms with van der Waals surface area (Å²) in [6, 6.07) is 13.0. The summed E-state index contributed by atoms with van der Waals surface area (Å²) in [4.78, 5) is 7.50. The zero-order valence-electron chi connectivity index (χ0n) is 18.0. The minimum atomic E-state index is -1.67. The summed E-state index contributed by atoms with van der Waals surface area (Å²) in [6.07, 6.45) is 0.585. The monoisotopic (exact) mass is 396 g/mol. The number of benzene rings is 2. The Morgan fingerprint density at radius 2 is 2.00 bits per heavy atom. The van der Waals surface area contributed by atoms with Crippen LogP contribution in [-0.4, -0.2) is 55.8 Å². The van der Waals surface area contributed by atoms with Gasteiger partial charge in [0, 0.05) is 45.2 Å². The molecule has 154 valence electrons. The molecule has 1 unspecified atom stereocenters. The number of hydrogen-bond donors (Lipinski definition) is 1. The molecule has 1 saturated heterocycles. The second-order valence-electron chi connectivity index (χ2n) is 8.65. The molecule has 2 aromatic rings. The van der Waals surface area contributed by atoms with Gasteiger partial charge in [0.2, 0.25) is 0 Å². The standard InChI is InChI=1S/C24H30FN3O/c1-26-14-15-28-21-11-13-27(16-20(21)19-4-2-5-22(26)24(19)28)12-3-6-23(29)17-7-9-18(25)10-8-17/h2,4-5,7-10,20-21,23,29H,3,6,11-16H2,1H3/t20-,21-,23?/m0/s1/i23D. The van der Waals surface area contributed by atoms with Crippen molar-refractivity contribution in [2.45, 2.75) is 37.3 Å². The first-order valence-electron chi connectivity index (χ1n) is 11.3. The summed E-state index contributed by atoms with van der Waals surface area (Å²) >= 11 is 0. The zero-order chi connectivity index (χ0) is 20.9. The molecule has 0 amide bonds. The van der Waals surface area contributed by atoms with Gasteiger partial charge in [-0.1, -0.05) is 24.3 Å². The molecule has 3 heterocycles. The van der Waals surface area contributed by atoms with E-state index < -0.39 is 6.08 Å². The summed E-state index contributed by atoms with van der Waals surface area (Å²) in [6.45, 7) is 5.15. The van der Waals surface area contributed by atoms with Crippen LogP contribution < -0.4 is 9.80 Å². The highest BCUT2D eigenvalue weighted by Gasteiger charge is 2.44. The smallest absolute Gasteiger partial charge is 0.123 e. The minimum absolute atomic E-state index is 0.346. The Kier molecular flexibility index (Phi) is 4.65. The highest BCUT2D eigenvalue weighted by molar-refractivity contribution is 5.80. The second kappa shape index (κ2) is 7.62. The Morgan fingerprint density at radius 1 is 1.17 bits per heavy atom. The second-order valence-corrected chi connectivity index (χ2v) is 8.65. The lowest BCUT2D eigenvalue weighted by atomic mass is 9.89. The van der Waals surface area contributed by atoms with Crippen LogP contribution in [0.15, 0.2) is 42.5 Å². The number of nitrogens with zero attached hydrogens (tertiary/aromatic N) is 3. The lowest BCUT2D eigenvalue weighted by Crippen LogP contribution is -2.49. The maximum Gasteiger partial charge on any atom is 0.123 e. The third-order valence-electron chi connectivity index (χ3n) is 6.95. The van der Waals surface area contributed by atoms with Crippen molar-refractivity contribution in [2.75, 3.05) is 49.6 Å². The fraction of sp³-hybridized carbons (Fsp3) is 0.500. The Hall–Kier alpha value is -2.11. The van der Waals surface area contributed by atoms with Gasteiger partial charge in [-0.3, -0.25) is 0 Å². The Bertz CT molecular complexity index is 919. The van der Waals surface area contributed by atoms with Crippen LogP contribution in [0.5, 0.6) is 0 Å². The van der Waals surface area contributed by atoms with Crippen molar-refractivity contribution in [1.29, 1.82) is 0 Å². The molecule has 1 fully saturated rings. The van der Waals surface area contributed by atoms with Gasteiger partial charge in [0.1, 0.15) is 5.82 Å². The van der Waals surface area contributed by atoms with E-state index in [1.807, 2.05) is 0 Å². The molecule has 0 aromatic heterocycles. The molecule has 29 heavy (non-hydrogen) atoms. The molecule has 0 aliphatic carbocycles. The number of rotatable bonds is 5. The van der Waals surface area contributed by atoms with Gasteiger partial charge in [0.15, 0.2) is 0 Å². The lowest BCUT2D eigenvalue weighted by Gasteiger charge is -2.41. The zero-order valence-corrected chi connectivity index (χ0v) is 17.0. The molecule has 5 rings (SSSR count). The van der Waals surface area contributed by atoms with Crippen LogP contribution in [0.25, 0.3) is 0 Å². The highest BCUT2D eigenvalue weighted by atomic mass is 19.1. The van der Waals surface area contributed by atoms with E-state index in [1.54, 1.807) is 0 Å². The van der Waals surface area contributed by atoms with Crippen LogP contribution in [0.3, 0.4) is 0 Å². The van der Waals surface area contributed by atoms with Crippen molar-refractivity contribution in [3.05, 3.63) is 59.4 Å². The molecule has 3 atom stereocenters. The van der Waals surface area contributed by atoms with Crippen LogP contribution in [0, 0.1) is 5.82 Å². The lowest BCUT2D eigenvalue weighted by molar-refractivity contribution is 0.144. The summed E-state index contributed by atoms with van der Waals surface area (Å²) in [7, 11) is 2.18. The molecule has 3 aliphatic heterocycles. The summed E-state index contributed by atoms with van der Waals surface area (Å²) in [5, 5.41) is 10.5. The van der Waals surface area contributed by atoms with Gasteiger partial charge < -0.3 is 19.8 Å². The van der Waals surface area contributed by atoms with Crippen molar-refractivity contribution in [2.24, 2.45) is 0 Å². The summed E-state index contributed by atoms with van der Waals surface area (Å²) in [5.41, 5.74) is 4.74. The number of likely N-dealkylation sites (N-methyl/N-ethyl adjacent to an activating group) is 1. The van der Waals surface area contributed by atoms with Crippen LogP contribution in [0.1, 0.15) is 43.8 Å². The third-order valence-corrected chi connectivity index (χ3v) is 6.95. The van der Waals surface area contributed by atoms with E-state index in [1.165, 1.54) is 41.2 Å². The fourth-order valence-corrected chi connectivity index (χ4v) is 5.44. The molecule has 3 aliphatic rings. The fourth-order valence-electron chi connectivity index (χ4n) is 5.44. The average molecular weight is 397 g/mol. The number of piperidine rings is 1. The summed E-state index contributed by atoms with van der Waals surface area (Å²) in [5.74, 6) is 0.189. The number of fused-ring (bicyclic) bond motifs is 3. The van der Waals surface area contributed by atoms with Gasteiger partial charge in [-0.2, -0.15) is 0 Å². The van der Waals surface area contributed by atoms with Crippen molar-refractivity contribution in [3.8, 4) is 0 Å². The van der Waals surface area contributed by atoms with Crippen molar-refractivity contribution in [1.82, 2.24) is 4.90 Å². The molecular weight excluding hydrogens is 365 g/mol. The number of likely N-dealkylation sites (tertiary alicyclic amines) is 1. The number of para-hydroxylation sites is 1. The number of aliphatic hydroxyl groups is 1. The van der Waals surface area contributed by atoms with Gasteiger partial charge in [0.05, 0.1) is 18.8 Å². The molecule has 0 radical (unpaired) electrons. The predicted octanol–water partition coefficient (Wildman–Crippen LogP) is 3.77. The molecule has 4 nitrogen and oxygen atoms in total. The maximum atomic E-state index is 13.1. The van der Waals surface area contributed by atoms with Gasteiger partial charge in [-0.15, -0.1) is 0 Å². The predicted molar refractivity (Wildman–Crippen MR) is 115 cm³/mol. The summed E-state index contributed by atoms with van der Waals surface area (Å²) < 4.78 is 21.4. The van der Waals surface area contributed by atoms with Gasteiger partial charge in [-0.05, 0) is 55.1 Å². The third kappa shape index (κ3) is 3.40. The minimum Gasteiger partial charge on any atom is -0.388 e. The molecule has 5 heteroatoms. The van der Waals surface area contributed by atoms with Crippen LogP contribution in [0.2, 0.25) is 0 Å². The largest absolute Gasteiger partial charge is 0.388 e. The van der Waals surface area contributed by atoms with Gasteiger partial charge >= 0.3 is 0 Å². The molecule has 0 bridgehead atoms. The molecule has 0 spiro atoms. The highest BCUT2D eigenvalue weighted by Crippen LogP contribution is 2.50. The first-order chi connectivity index (χ1) is 14.4. The van der Waals surface area contributed by atoms with Crippen molar-refractivity contribution < 1.29 is 10.9 Å². The van der Waals surface area contributed by atoms with E-state index in [2.05, 4.69) is 39.9 Å². The van der Waals surface area contributed by atoms with Crippen LogP contribution in [-0.2, 0) is 0 Å².